The first-order valence-electron chi connectivity index (χ1n) is 9.24. The van der Waals surface area contributed by atoms with Gasteiger partial charge in [0.15, 0.2) is 5.79 Å². The molecule has 5 nitrogen and oxygen atoms in total. The molecule has 0 saturated carbocycles. The molecule has 0 bridgehead atoms. The zero-order chi connectivity index (χ0) is 17.8. The molecule has 0 aromatic carbocycles. The van der Waals surface area contributed by atoms with E-state index in [0.29, 0.717) is 12.6 Å². The summed E-state index contributed by atoms with van der Waals surface area (Å²) in [6.07, 6.45) is 6.65. The van der Waals surface area contributed by atoms with Gasteiger partial charge in [0, 0.05) is 13.7 Å². The lowest BCUT2D eigenvalue weighted by Crippen LogP contribution is -2.60. The second-order valence-electron chi connectivity index (χ2n) is 7.26. The average molecular weight is 338 g/mol. The van der Waals surface area contributed by atoms with Crippen molar-refractivity contribution in [2.45, 2.75) is 83.3 Å². The number of nitrogens with zero attached hydrogens (tertiary/aromatic N) is 2. The highest BCUT2D eigenvalue weighted by Gasteiger charge is 2.49. The highest BCUT2D eigenvalue weighted by Crippen LogP contribution is 2.39. The Hall–Kier alpha value is -0.910. The SMILES string of the molecule is C=CC[C@]1(CC)OC(C)(C)O[C@@H](CC)C1=NN1CCC[C@H]1COC. The molecule has 0 spiro atoms. The summed E-state index contributed by atoms with van der Waals surface area (Å²) in [5.41, 5.74) is 0.569. The van der Waals surface area contributed by atoms with Crippen molar-refractivity contribution in [2.75, 3.05) is 20.3 Å². The summed E-state index contributed by atoms with van der Waals surface area (Å²) in [6.45, 7) is 13.9. The van der Waals surface area contributed by atoms with E-state index in [1.807, 2.05) is 19.9 Å². The maximum atomic E-state index is 6.42. The maximum absolute atomic E-state index is 6.42. The van der Waals surface area contributed by atoms with E-state index in [4.69, 9.17) is 19.3 Å². The Kier molecular flexibility index (Phi) is 6.46. The van der Waals surface area contributed by atoms with Crippen LogP contribution in [0.4, 0.5) is 0 Å². The topological polar surface area (TPSA) is 43.3 Å². The van der Waals surface area contributed by atoms with Crippen LogP contribution in [0.25, 0.3) is 0 Å². The number of hydrogen-bond acceptors (Lipinski definition) is 5. The summed E-state index contributed by atoms with van der Waals surface area (Å²) in [6, 6.07) is 0.341. The Bertz CT molecular complexity index is 464. The molecule has 24 heavy (non-hydrogen) atoms. The second kappa shape index (κ2) is 7.98. The minimum atomic E-state index is -0.615. The molecule has 0 N–H and O–H groups in total. The van der Waals surface area contributed by atoms with Crippen molar-refractivity contribution in [1.29, 1.82) is 0 Å². The summed E-state index contributed by atoms with van der Waals surface area (Å²) in [5.74, 6) is -0.615. The normalized spacial score (nSPS) is 34.7. The Morgan fingerprint density at radius 2 is 2.17 bits per heavy atom. The Labute approximate surface area is 147 Å². The van der Waals surface area contributed by atoms with E-state index in [-0.39, 0.29) is 6.10 Å². The van der Waals surface area contributed by atoms with Gasteiger partial charge in [-0.2, -0.15) is 5.10 Å². The van der Waals surface area contributed by atoms with Crippen LogP contribution in [0.2, 0.25) is 0 Å². The van der Waals surface area contributed by atoms with E-state index in [2.05, 4.69) is 25.4 Å². The van der Waals surface area contributed by atoms with E-state index in [1.54, 1.807) is 7.11 Å². The minimum absolute atomic E-state index is 0.0301. The maximum Gasteiger partial charge on any atom is 0.164 e. The molecule has 5 heteroatoms. The van der Waals surface area contributed by atoms with Gasteiger partial charge in [-0.05, 0) is 46.0 Å². The monoisotopic (exact) mass is 338 g/mol. The second-order valence-corrected chi connectivity index (χ2v) is 7.26. The summed E-state index contributed by atoms with van der Waals surface area (Å²) < 4.78 is 18.0. The zero-order valence-electron chi connectivity index (χ0n) is 16.0. The molecule has 0 amide bonds. The molecule has 0 aromatic rings. The van der Waals surface area contributed by atoms with Gasteiger partial charge in [-0.25, -0.2) is 0 Å². The molecule has 2 aliphatic rings. The molecule has 2 fully saturated rings. The molecule has 2 aliphatic heterocycles. The third kappa shape index (κ3) is 4.01. The third-order valence-corrected chi connectivity index (χ3v) is 5.00. The van der Waals surface area contributed by atoms with Crippen molar-refractivity contribution < 1.29 is 14.2 Å². The van der Waals surface area contributed by atoms with Crippen LogP contribution in [0.5, 0.6) is 0 Å². The summed E-state index contributed by atoms with van der Waals surface area (Å²) in [4.78, 5) is 0. The fourth-order valence-electron chi connectivity index (χ4n) is 3.90. The van der Waals surface area contributed by atoms with Crippen molar-refractivity contribution in [3.8, 4) is 0 Å². The fraction of sp³-hybridized carbons (Fsp3) is 0.842. The standard InChI is InChI=1S/C19H34N2O3/c1-7-12-19(9-3)17(16(8-2)23-18(4,5)24-19)20-21-13-10-11-15(21)14-22-6/h7,15-16H,1,8-14H2,2-6H3/t15-,16-,19-/m0/s1. The van der Waals surface area contributed by atoms with Crippen LogP contribution < -0.4 is 0 Å². The predicted octanol–water partition coefficient (Wildman–Crippen LogP) is 3.74. The molecule has 0 aliphatic carbocycles. The smallest absolute Gasteiger partial charge is 0.164 e. The minimum Gasteiger partial charge on any atom is -0.382 e. The van der Waals surface area contributed by atoms with Gasteiger partial charge >= 0.3 is 0 Å². The molecule has 0 aromatic heterocycles. The lowest BCUT2D eigenvalue weighted by Gasteiger charge is -2.49. The fourth-order valence-corrected chi connectivity index (χ4v) is 3.90. The summed E-state index contributed by atoms with van der Waals surface area (Å²) >= 11 is 0. The van der Waals surface area contributed by atoms with Gasteiger partial charge in [0.2, 0.25) is 0 Å². The summed E-state index contributed by atoms with van der Waals surface area (Å²) in [5, 5.41) is 7.25. The van der Waals surface area contributed by atoms with Crippen LogP contribution in [0, 0.1) is 0 Å². The zero-order valence-corrected chi connectivity index (χ0v) is 16.0. The summed E-state index contributed by atoms with van der Waals surface area (Å²) in [7, 11) is 1.75. The van der Waals surface area contributed by atoms with Gasteiger partial charge in [-0.3, -0.25) is 5.01 Å². The number of hydrazone groups is 1. The Balaban J connectivity index is 2.40. The lowest BCUT2D eigenvalue weighted by molar-refractivity contribution is -0.286. The van der Waals surface area contributed by atoms with Crippen LogP contribution in [-0.2, 0) is 14.2 Å². The van der Waals surface area contributed by atoms with Gasteiger partial charge in [-0.15, -0.1) is 6.58 Å². The Morgan fingerprint density at radius 1 is 1.42 bits per heavy atom. The van der Waals surface area contributed by atoms with E-state index in [1.165, 1.54) is 0 Å². The first kappa shape index (κ1) is 19.4. The number of methoxy groups -OCH3 is 1. The first-order chi connectivity index (χ1) is 11.4. The van der Waals surface area contributed by atoms with Crippen molar-refractivity contribution in [3.05, 3.63) is 12.7 Å². The highest BCUT2D eigenvalue weighted by atomic mass is 16.7. The molecule has 0 radical (unpaired) electrons. The van der Waals surface area contributed by atoms with Crippen molar-refractivity contribution >= 4 is 5.71 Å². The molecule has 2 heterocycles. The van der Waals surface area contributed by atoms with Crippen LogP contribution in [0.3, 0.4) is 0 Å². The van der Waals surface area contributed by atoms with Crippen molar-refractivity contribution in [3.63, 3.8) is 0 Å². The van der Waals surface area contributed by atoms with Crippen LogP contribution >= 0.6 is 0 Å². The van der Waals surface area contributed by atoms with Gasteiger partial charge in [0.05, 0.1) is 18.4 Å². The average Bonchev–Trinajstić information content (AvgIpc) is 2.97. The van der Waals surface area contributed by atoms with Gasteiger partial charge in [0.1, 0.15) is 11.7 Å². The number of rotatable bonds is 7. The number of ether oxygens (including phenoxy) is 3. The highest BCUT2D eigenvalue weighted by molar-refractivity contribution is 5.97. The van der Waals surface area contributed by atoms with Crippen molar-refractivity contribution in [1.82, 2.24) is 5.01 Å². The van der Waals surface area contributed by atoms with Gasteiger partial charge in [-0.1, -0.05) is 19.9 Å². The van der Waals surface area contributed by atoms with Crippen molar-refractivity contribution in [2.24, 2.45) is 5.10 Å². The molecular formula is C19H34N2O3. The van der Waals surface area contributed by atoms with Gasteiger partial charge < -0.3 is 14.2 Å². The predicted molar refractivity (Wildman–Crippen MR) is 97.2 cm³/mol. The molecule has 2 rings (SSSR count). The Morgan fingerprint density at radius 3 is 2.75 bits per heavy atom. The molecule has 2 saturated heterocycles. The van der Waals surface area contributed by atoms with E-state index >= 15 is 0 Å². The first-order valence-corrected chi connectivity index (χ1v) is 9.24. The molecular weight excluding hydrogens is 304 g/mol. The molecule has 3 atom stereocenters. The van der Waals surface area contributed by atoms with Gasteiger partial charge in [0.25, 0.3) is 0 Å². The molecule has 0 unspecified atom stereocenters. The largest absolute Gasteiger partial charge is 0.382 e. The van der Waals surface area contributed by atoms with E-state index in [0.717, 1.165) is 44.4 Å². The van der Waals surface area contributed by atoms with Crippen LogP contribution in [-0.4, -0.2) is 54.5 Å². The van der Waals surface area contributed by atoms with Crippen LogP contribution in [0.1, 0.15) is 59.8 Å². The third-order valence-electron chi connectivity index (χ3n) is 5.00. The molecule has 138 valence electrons. The number of hydrogen-bond donors (Lipinski definition) is 0. The quantitative estimate of drug-likeness (QED) is 0.663. The lowest BCUT2D eigenvalue weighted by atomic mass is 9.84. The van der Waals surface area contributed by atoms with E-state index in [9.17, 15) is 0 Å². The van der Waals surface area contributed by atoms with Crippen LogP contribution in [0.15, 0.2) is 17.8 Å². The van der Waals surface area contributed by atoms with E-state index < -0.39 is 11.4 Å².